The summed E-state index contributed by atoms with van der Waals surface area (Å²) in [5.41, 5.74) is 1.12. The highest BCUT2D eigenvalue weighted by atomic mass is 16.5. The molecule has 1 aromatic carbocycles. The lowest BCUT2D eigenvalue weighted by Crippen LogP contribution is -2.18. The van der Waals surface area contributed by atoms with Crippen LogP contribution in [0.2, 0.25) is 0 Å². The van der Waals surface area contributed by atoms with E-state index < -0.39 is 0 Å². The van der Waals surface area contributed by atoms with Crippen molar-refractivity contribution in [3.63, 3.8) is 0 Å². The largest absolute Gasteiger partial charge is 0.493 e. The Bertz CT molecular complexity index is 350. The predicted octanol–water partition coefficient (Wildman–Crippen LogP) is 2.32. The molecule has 0 radical (unpaired) electrons. The van der Waals surface area contributed by atoms with Crippen molar-refractivity contribution < 1.29 is 9.47 Å². The molecule has 0 heterocycles. The zero-order valence-electron chi connectivity index (χ0n) is 10.2. The molecule has 88 valence electrons. The standard InChI is InChI=1S/C13H19NO2/c1-5-9-14(2)10-11-7-6-8-12(15-3)13(11)16-4/h5-8H,1,9-10H2,2-4H3. The van der Waals surface area contributed by atoms with E-state index in [1.54, 1.807) is 14.2 Å². The van der Waals surface area contributed by atoms with Crippen LogP contribution in [0, 0.1) is 0 Å². The Morgan fingerprint density at radius 1 is 1.31 bits per heavy atom. The fourth-order valence-corrected chi connectivity index (χ4v) is 1.65. The first-order valence-electron chi connectivity index (χ1n) is 5.22. The number of hydrogen-bond donors (Lipinski definition) is 0. The molecule has 1 rings (SSSR count). The van der Waals surface area contributed by atoms with E-state index in [9.17, 15) is 0 Å². The van der Waals surface area contributed by atoms with E-state index in [1.807, 2.05) is 31.3 Å². The zero-order chi connectivity index (χ0) is 12.0. The van der Waals surface area contributed by atoms with Gasteiger partial charge in [-0.15, -0.1) is 6.58 Å². The third kappa shape index (κ3) is 3.00. The van der Waals surface area contributed by atoms with Gasteiger partial charge in [-0.3, -0.25) is 4.90 Å². The van der Waals surface area contributed by atoms with Crippen LogP contribution in [0.25, 0.3) is 0 Å². The number of hydrogen-bond acceptors (Lipinski definition) is 3. The molecule has 0 aromatic heterocycles. The Hall–Kier alpha value is -1.48. The van der Waals surface area contributed by atoms with E-state index in [2.05, 4.69) is 11.5 Å². The number of methoxy groups -OCH3 is 2. The molecule has 0 bridgehead atoms. The maximum atomic E-state index is 5.37. The van der Waals surface area contributed by atoms with Gasteiger partial charge in [0, 0.05) is 18.7 Å². The highest BCUT2D eigenvalue weighted by Crippen LogP contribution is 2.31. The van der Waals surface area contributed by atoms with Gasteiger partial charge < -0.3 is 9.47 Å². The van der Waals surface area contributed by atoms with Crippen LogP contribution in [0.3, 0.4) is 0 Å². The van der Waals surface area contributed by atoms with E-state index in [4.69, 9.17) is 9.47 Å². The van der Waals surface area contributed by atoms with E-state index in [0.717, 1.165) is 30.2 Å². The Morgan fingerprint density at radius 3 is 2.62 bits per heavy atom. The SMILES string of the molecule is C=CCN(C)Cc1cccc(OC)c1OC. The number of para-hydroxylation sites is 1. The van der Waals surface area contributed by atoms with Crippen molar-refractivity contribution in [2.45, 2.75) is 6.54 Å². The minimum atomic E-state index is 0.770. The van der Waals surface area contributed by atoms with Gasteiger partial charge in [-0.2, -0.15) is 0 Å². The molecule has 0 atom stereocenters. The zero-order valence-corrected chi connectivity index (χ0v) is 10.2. The summed E-state index contributed by atoms with van der Waals surface area (Å²) in [6.45, 7) is 5.38. The minimum Gasteiger partial charge on any atom is -0.493 e. The van der Waals surface area contributed by atoms with E-state index >= 15 is 0 Å². The first-order chi connectivity index (χ1) is 7.72. The van der Waals surface area contributed by atoms with Gasteiger partial charge in [0.15, 0.2) is 11.5 Å². The van der Waals surface area contributed by atoms with Crippen LogP contribution in [0.1, 0.15) is 5.56 Å². The Balaban J connectivity index is 2.90. The topological polar surface area (TPSA) is 21.7 Å². The number of likely N-dealkylation sites (N-methyl/N-ethyl adjacent to an activating group) is 1. The predicted molar refractivity (Wildman–Crippen MR) is 66.1 cm³/mol. The summed E-state index contributed by atoms with van der Waals surface area (Å²) in [4.78, 5) is 2.16. The molecular weight excluding hydrogens is 202 g/mol. The Kier molecular flexibility index (Phi) is 4.86. The molecule has 0 unspecified atom stereocenters. The Labute approximate surface area is 97.3 Å². The lowest BCUT2D eigenvalue weighted by molar-refractivity contribution is 0.328. The normalized spacial score (nSPS) is 10.2. The summed E-state index contributed by atoms with van der Waals surface area (Å²) in [6.07, 6.45) is 1.88. The van der Waals surface area contributed by atoms with Crippen molar-refractivity contribution in [1.29, 1.82) is 0 Å². The van der Waals surface area contributed by atoms with Crippen LogP contribution >= 0.6 is 0 Å². The molecule has 0 amide bonds. The lowest BCUT2D eigenvalue weighted by atomic mass is 10.1. The molecule has 0 aliphatic heterocycles. The average Bonchev–Trinajstić information content (AvgIpc) is 2.29. The summed E-state index contributed by atoms with van der Waals surface area (Å²) in [6, 6.07) is 5.91. The molecule has 0 saturated heterocycles. The monoisotopic (exact) mass is 221 g/mol. The van der Waals surface area contributed by atoms with E-state index in [0.29, 0.717) is 0 Å². The second-order valence-corrected chi connectivity index (χ2v) is 3.64. The summed E-state index contributed by atoms with van der Waals surface area (Å²) < 4.78 is 10.6. The molecule has 1 aromatic rings. The molecule has 0 N–H and O–H groups in total. The van der Waals surface area contributed by atoms with Crippen molar-refractivity contribution in [3.8, 4) is 11.5 Å². The van der Waals surface area contributed by atoms with Gasteiger partial charge in [0.25, 0.3) is 0 Å². The van der Waals surface area contributed by atoms with Gasteiger partial charge in [0.1, 0.15) is 0 Å². The number of benzene rings is 1. The molecule has 0 saturated carbocycles. The van der Waals surface area contributed by atoms with Crippen molar-refractivity contribution in [3.05, 3.63) is 36.4 Å². The van der Waals surface area contributed by atoms with Crippen molar-refractivity contribution in [2.24, 2.45) is 0 Å². The number of ether oxygens (including phenoxy) is 2. The van der Waals surface area contributed by atoms with Crippen LogP contribution in [0.4, 0.5) is 0 Å². The summed E-state index contributed by atoms with van der Waals surface area (Å²) in [5.74, 6) is 1.58. The van der Waals surface area contributed by atoms with Crippen LogP contribution < -0.4 is 9.47 Å². The van der Waals surface area contributed by atoms with Gasteiger partial charge in [0.2, 0.25) is 0 Å². The summed E-state index contributed by atoms with van der Waals surface area (Å²) in [5, 5.41) is 0. The molecule has 3 heteroatoms. The van der Waals surface area contributed by atoms with Gasteiger partial charge >= 0.3 is 0 Å². The van der Waals surface area contributed by atoms with Crippen LogP contribution in [-0.2, 0) is 6.54 Å². The highest BCUT2D eigenvalue weighted by molar-refractivity contribution is 5.46. The second kappa shape index (κ2) is 6.18. The van der Waals surface area contributed by atoms with Gasteiger partial charge in [-0.05, 0) is 13.1 Å². The number of nitrogens with zero attached hydrogens (tertiary/aromatic N) is 1. The van der Waals surface area contributed by atoms with Gasteiger partial charge in [0.05, 0.1) is 14.2 Å². The molecule has 0 aliphatic carbocycles. The smallest absolute Gasteiger partial charge is 0.165 e. The van der Waals surface area contributed by atoms with E-state index in [-0.39, 0.29) is 0 Å². The first-order valence-corrected chi connectivity index (χ1v) is 5.22. The lowest BCUT2D eigenvalue weighted by Gasteiger charge is -2.18. The minimum absolute atomic E-state index is 0.770. The summed E-state index contributed by atoms with van der Waals surface area (Å²) >= 11 is 0. The van der Waals surface area contributed by atoms with Crippen molar-refractivity contribution in [2.75, 3.05) is 27.8 Å². The maximum absolute atomic E-state index is 5.37. The molecule has 3 nitrogen and oxygen atoms in total. The fraction of sp³-hybridized carbons (Fsp3) is 0.385. The third-order valence-electron chi connectivity index (χ3n) is 2.37. The molecule has 0 aliphatic rings. The first kappa shape index (κ1) is 12.6. The van der Waals surface area contributed by atoms with Crippen LogP contribution in [0.5, 0.6) is 11.5 Å². The van der Waals surface area contributed by atoms with Crippen molar-refractivity contribution in [1.82, 2.24) is 4.90 Å². The fourth-order valence-electron chi connectivity index (χ4n) is 1.65. The molecular formula is C13H19NO2. The third-order valence-corrected chi connectivity index (χ3v) is 2.37. The highest BCUT2D eigenvalue weighted by Gasteiger charge is 2.10. The second-order valence-electron chi connectivity index (χ2n) is 3.64. The molecule has 0 spiro atoms. The Morgan fingerprint density at radius 2 is 2.06 bits per heavy atom. The quantitative estimate of drug-likeness (QED) is 0.688. The van der Waals surface area contributed by atoms with Crippen LogP contribution in [0.15, 0.2) is 30.9 Å². The maximum Gasteiger partial charge on any atom is 0.165 e. The van der Waals surface area contributed by atoms with Crippen molar-refractivity contribution >= 4 is 0 Å². The number of rotatable bonds is 6. The average molecular weight is 221 g/mol. The molecule has 0 fully saturated rings. The summed E-state index contributed by atoms with van der Waals surface area (Å²) in [7, 11) is 5.35. The van der Waals surface area contributed by atoms with Crippen LogP contribution in [-0.4, -0.2) is 32.7 Å². The van der Waals surface area contributed by atoms with Gasteiger partial charge in [-0.1, -0.05) is 18.2 Å². The molecule has 16 heavy (non-hydrogen) atoms. The van der Waals surface area contributed by atoms with E-state index in [1.165, 1.54) is 0 Å². The van der Waals surface area contributed by atoms with Gasteiger partial charge in [-0.25, -0.2) is 0 Å².